The van der Waals surface area contributed by atoms with Crippen LogP contribution in [0.3, 0.4) is 0 Å². The van der Waals surface area contributed by atoms with Crippen LogP contribution in [0.4, 0.5) is 0 Å². The molecule has 0 bridgehead atoms. The normalized spacial score (nSPS) is 9.05. The Morgan fingerprint density at radius 1 is 0.947 bits per heavy atom. The molecule has 0 heterocycles. The monoisotopic (exact) mass is 247 g/mol. The lowest BCUT2D eigenvalue weighted by Gasteiger charge is -2.00. The van der Waals surface area contributed by atoms with Crippen LogP contribution in [0.5, 0.6) is 0 Å². The lowest BCUT2D eigenvalue weighted by atomic mass is 10.0. The first-order valence-corrected chi connectivity index (χ1v) is 6.05. The zero-order valence-corrected chi connectivity index (χ0v) is 10.5. The number of nitrogens with zero attached hydrogens (tertiary/aromatic N) is 3. The number of hydrogen-bond donors (Lipinski definition) is 0. The van der Waals surface area contributed by atoms with Gasteiger partial charge in [0.1, 0.15) is 0 Å². The van der Waals surface area contributed by atoms with E-state index >= 15 is 0 Å². The minimum absolute atomic E-state index is 0.422. The van der Waals surface area contributed by atoms with Crippen LogP contribution in [0, 0.1) is 11.8 Å². The quantitative estimate of drug-likeness (QED) is 0.254. The summed E-state index contributed by atoms with van der Waals surface area (Å²) in [6.07, 6.45) is 0.588. The van der Waals surface area contributed by atoms with Crippen LogP contribution >= 0.6 is 0 Å². The predicted octanol–water partition coefficient (Wildman–Crippen LogP) is 4.41. The van der Waals surface area contributed by atoms with E-state index in [9.17, 15) is 0 Å². The van der Waals surface area contributed by atoms with Crippen molar-refractivity contribution in [2.45, 2.75) is 6.42 Å². The van der Waals surface area contributed by atoms with Crippen LogP contribution in [-0.4, -0.2) is 6.54 Å². The van der Waals surface area contributed by atoms with E-state index in [0.29, 0.717) is 13.0 Å². The molecule has 0 aromatic heterocycles. The van der Waals surface area contributed by atoms with E-state index in [1.165, 1.54) is 11.1 Å². The Bertz CT molecular complexity index is 627. The van der Waals surface area contributed by atoms with Crippen molar-refractivity contribution in [3.05, 3.63) is 70.6 Å². The Balaban J connectivity index is 2.04. The summed E-state index contributed by atoms with van der Waals surface area (Å²) < 4.78 is 0. The molecule has 0 atom stereocenters. The van der Waals surface area contributed by atoms with Gasteiger partial charge in [-0.2, -0.15) is 0 Å². The average molecular weight is 247 g/mol. The zero-order valence-electron chi connectivity index (χ0n) is 10.5. The maximum absolute atomic E-state index is 8.13. The molecular weight excluding hydrogens is 234 g/mol. The van der Waals surface area contributed by atoms with Crippen molar-refractivity contribution in [3.63, 3.8) is 0 Å². The summed E-state index contributed by atoms with van der Waals surface area (Å²) in [5.74, 6) is 6.03. The van der Waals surface area contributed by atoms with Gasteiger partial charge in [0.15, 0.2) is 0 Å². The predicted molar refractivity (Wildman–Crippen MR) is 77.4 cm³/mol. The summed E-state index contributed by atoms with van der Waals surface area (Å²) in [7, 11) is 0. The van der Waals surface area contributed by atoms with Gasteiger partial charge in [0.2, 0.25) is 0 Å². The van der Waals surface area contributed by atoms with Crippen molar-refractivity contribution < 1.29 is 0 Å². The lowest BCUT2D eigenvalue weighted by Crippen LogP contribution is -1.79. The highest BCUT2D eigenvalue weighted by Gasteiger charge is 1.95. The Morgan fingerprint density at radius 3 is 2.32 bits per heavy atom. The largest absolute Gasteiger partial charge is 0.0978 e. The van der Waals surface area contributed by atoms with E-state index in [1.54, 1.807) is 0 Å². The maximum atomic E-state index is 8.13. The van der Waals surface area contributed by atoms with E-state index < -0.39 is 0 Å². The number of benzene rings is 2. The topological polar surface area (TPSA) is 48.8 Å². The molecule has 0 aliphatic heterocycles. The van der Waals surface area contributed by atoms with Crippen LogP contribution < -0.4 is 0 Å². The molecule has 92 valence electrons. The van der Waals surface area contributed by atoms with E-state index in [-0.39, 0.29) is 0 Å². The molecule has 2 aromatic rings. The summed E-state index contributed by atoms with van der Waals surface area (Å²) in [4.78, 5) is 2.68. The number of azide groups is 1. The van der Waals surface area contributed by atoms with Crippen molar-refractivity contribution in [3.8, 4) is 23.0 Å². The highest BCUT2D eigenvalue weighted by Crippen LogP contribution is 2.18. The van der Waals surface area contributed by atoms with Gasteiger partial charge >= 0.3 is 0 Å². The molecule has 0 spiro atoms. The number of hydrogen-bond acceptors (Lipinski definition) is 1. The summed E-state index contributed by atoms with van der Waals surface area (Å²) in [6, 6.07) is 18.4. The SMILES string of the molecule is [N-]=[N+]=NCCC#Cc1ccc(-c2ccccc2)cc1. The van der Waals surface area contributed by atoms with Gasteiger partial charge in [-0.3, -0.25) is 0 Å². The van der Waals surface area contributed by atoms with Crippen LogP contribution in [0.25, 0.3) is 21.6 Å². The third-order valence-corrected chi connectivity index (χ3v) is 2.62. The molecule has 3 heteroatoms. The Kier molecular flexibility index (Phi) is 4.64. The molecule has 0 saturated heterocycles. The highest BCUT2D eigenvalue weighted by atomic mass is 15.1. The van der Waals surface area contributed by atoms with E-state index in [4.69, 9.17) is 5.53 Å². The molecule has 0 amide bonds. The summed E-state index contributed by atoms with van der Waals surface area (Å²) >= 11 is 0. The van der Waals surface area contributed by atoms with Gasteiger partial charge < -0.3 is 0 Å². The fraction of sp³-hybridized carbons (Fsp3) is 0.125. The van der Waals surface area contributed by atoms with Gasteiger partial charge in [-0.1, -0.05) is 59.4 Å². The first-order chi connectivity index (χ1) is 9.40. The van der Waals surface area contributed by atoms with Gasteiger partial charge in [0.05, 0.1) is 0 Å². The van der Waals surface area contributed by atoms with Gasteiger partial charge in [0, 0.05) is 23.4 Å². The Morgan fingerprint density at radius 2 is 1.63 bits per heavy atom. The molecule has 19 heavy (non-hydrogen) atoms. The highest BCUT2D eigenvalue weighted by molar-refractivity contribution is 5.64. The molecule has 0 saturated carbocycles. The molecule has 0 aliphatic carbocycles. The van der Waals surface area contributed by atoms with E-state index in [2.05, 4.69) is 46.1 Å². The second-order valence-electron chi connectivity index (χ2n) is 3.95. The molecule has 0 N–H and O–H groups in total. The lowest BCUT2D eigenvalue weighted by molar-refractivity contribution is 1.01. The van der Waals surface area contributed by atoms with Crippen molar-refractivity contribution >= 4 is 0 Å². The molecule has 0 fully saturated rings. The smallest absolute Gasteiger partial charge is 0.0367 e. The third-order valence-electron chi connectivity index (χ3n) is 2.62. The van der Waals surface area contributed by atoms with Crippen molar-refractivity contribution in [1.82, 2.24) is 0 Å². The van der Waals surface area contributed by atoms with Crippen LogP contribution in [0.2, 0.25) is 0 Å². The Hall–Kier alpha value is -2.69. The molecule has 0 aliphatic rings. The average Bonchev–Trinajstić information content (AvgIpc) is 2.49. The summed E-state index contributed by atoms with van der Waals surface area (Å²) in [5.41, 5.74) is 11.5. The van der Waals surface area contributed by atoms with Crippen molar-refractivity contribution in [2.75, 3.05) is 6.54 Å². The molecule has 3 nitrogen and oxygen atoms in total. The van der Waals surface area contributed by atoms with Gasteiger partial charge in [-0.25, -0.2) is 0 Å². The zero-order chi connectivity index (χ0) is 13.3. The van der Waals surface area contributed by atoms with Gasteiger partial charge in [0.25, 0.3) is 0 Å². The molecule has 0 radical (unpaired) electrons. The van der Waals surface area contributed by atoms with Crippen LogP contribution in [-0.2, 0) is 0 Å². The standard InChI is InChI=1S/C16H13N3/c17-19-18-13-5-4-6-14-9-11-16(12-10-14)15-7-2-1-3-8-15/h1-3,7-12H,5,13H2. The van der Waals surface area contributed by atoms with Gasteiger partial charge in [-0.15, -0.1) is 0 Å². The summed E-state index contributed by atoms with van der Waals surface area (Å²) in [6.45, 7) is 0.422. The van der Waals surface area contributed by atoms with Crippen molar-refractivity contribution in [1.29, 1.82) is 0 Å². The second-order valence-corrected chi connectivity index (χ2v) is 3.95. The van der Waals surface area contributed by atoms with Gasteiger partial charge in [-0.05, 0) is 28.8 Å². The number of rotatable bonds is 3. The Labute approximate surface area is 112 Å². The van der Waals surface area contributed by atoms with E-state index in [1.807, 2.05) is 30.3 Å². The minimum Gasteiger partial charge on any atom is -0.0978 e. The fourth-order valence-electron chi connectivity index (χ4n) is 1.69. The molecule has 0 unspecified atom stereocenters. The second kappa shape index (κ2) is 6.90. The molecular formula is C16H13N3. The molecule has 2 rings (SSSR count). The van der Waals surface area contributed by atoms with Crippen LogP contribution in [0.1, 0.15) is 12.0 Å². The van der Waals surface area contributed by atoms with E-state index in [0.717, 1.165) is 5.56 Å². The first kappa shape index (κ1) is 12.8. The maximum Gasteiger partial charge on any atom is 0.0367 e. The third kappa shape index (κ3) is 3.92. The van der Waals surface area contributed by atoms with Crippen molar-refractivity contribution in [2.24, 2.45) is 5.11 Å². The molecule has 2 aromatic carbocycles. The fourth-order valence-corrected chi connectivity index (χ4v) is 1.69. The minimum atomic E-state index is 0.422. The first-order valence-electron chi connectivity index (χ1n) is 6.05. The van der Waals surface area contributed by atoms with Crippen LogP contribution in [0.15, 0.2) is 59.7 Å². The summed E-state index contributed by atoms with van der Waals surface area (Å²) in [5, 5.41) is 3.43.